The maximum atomic E-state index is 14.1. The van der Waals surface area contributed by atoms with Crippen LogP contribution in [0.25, 0.3) is 10.1 Å². The van der Waals surface area contributed by atoms with Crippen molar-refractivity contribution in [1.82, 2.24) is 0 Å². The van der Waals surface area contributed by atoms with Crippen molar-refractivity contribution in [3.8, 4) is 5.75 Å². The molecule has 12 heteroatoms. The van der Waals surface area contributed by atoms with Gasteiger partial charge in [-0.05, 0) is 31.0 Å². The zero-order valence-electron chi connectivity index (χ0n) is 13.8. The number of aryl methyl sites for hydroxylation is 1. The van der Waals surface area contributed by atoms with Crippen LogP contribution in [0, 0.1) is 6.92 Å². The summed E-state index contributed by atoms with van der Waals surface area (Å²) in [7, 11) is -3.61. The third-order valence-electron chi connectivity index (χ3n) is 3.67. The van der Waals surface area contributed by atoms with Crippen LogP contribution in [-0.4, -0.2) is 28.5 Å². The van der Waals surface area contributed by atoms with Gasteiger partial charge >= 0.3 is 11.8 Å². The predicted octanol–water partition coefficient (Wildman–Crippen LogP) is 4.38. The molecule has 2 rings (SSSR count). The number of hydrogen-bond acceptors (Lipinski definition) is 5. The minimum atomic E-state index is -4.36. The first-order valence-corrected chi connectivity index (χ1v) is 9.53. The molecule has 27 heavy (non-hydrogen) atoms. The number of amides is 1. The lowest BCUT2D eigenvalue weighted by atomic mass is 10.1. The highest BCUT2D eigenvalue weighted by Crippen LogP contribution is 2.57. The van der Waals surface area contributed by atoms with Gasteiger partial charge in [0.1, 0.15) is 5.75 Å². The van der Waals surface area contributed by atoms with Gasteiger partial charge in [0.25, 0.3) is 0 Å². The highest BCUT2D eigenvalue weighted by atomic mass is 32.1. The van der Waals surface area contributed by atoms with Crippen LogP contribution in [0.15, 0.2) is 12.1 Å². The fourth-order valence-corrected chi connectivity index (χ4v) is 4.23. The molecule has 0 saturated carbocycles. The Morgan fingerprint density at radius 3 is 2.41 bits per heavy atom. The van der Waals surface area contributed by atoms with Gasteiger partial charge in [-0.25, -0.2) is 0 Å². The summed E-state index contributed by atoms with van der Waals surface area (Å²) in [6, 6.07) is 2.42. The quantitative estimate of drug-likeness (QED) is 0.345. The molecule has 0 aliphatic rings. The number of hydrogen-bond donors (Lipinski definition) is 3. The van der Waals surface area contributed by atoms with E-state index < -0.39 is 37.4 Å². The van der Waals surface area contributed by atoms with Crippen LogP contribution in [0.5, 0.6) is 5.75 Å². The minimum absolute atomic E-state index is 0.00107. The molecule has 0 spiro atoms. The van der Waals surface area contributed by atoms with E-state index in [1.807, 2.05) is 0 Å². The molecule has 1 heterocycles. The van der Waals surface area contributed by atoms with Crippen LogP contribution in [0.2, 0.25) is 0 Å². The lowest BCUT2D eigenvalue weighted by Crippen LogP contribution is -2.12. The van der Waals surface area contributed by atoms with E-state index in [2.05, 4.69) is 0 Å². The van der Waals surface area contributed by atoms with Gasteiger partial charge in [0, 0.05) is 17.4 Å². The highest BCUT2D eigenvalue weighted by Gasteiger charge is 2.44. The van der Waals surface area contributed by atoms with Crippen LogP contribution < -0.4 is 10.5 Å². The van der Waals surface area contributed by atoms with Crippen molar-refractivity contribution in [2.45, 2.75) is 31.6 Å². The van der Waals surface area contributed by atoms with Crippen LogP contribution >= 0.6 is 19.7 Å². The summed E-state index contributed by atoms with van der Waals surface area (Å²) in [6.07, 6.45) is -5.81. The zero-order valence-corrected chi connectivity index (χ0v) is 15.5. The van der Waals surface area contributed by atoms with Crippen molar-refractivity contribution < 1.29 is 41.3 Å². The number of carbonyl (C=O) groups excluding carboxylic acids is 1. The number of rotatable bonds is 7. The molecule has 0 unspecified atom stereocenters. The lowest BCUT2D eigenvalue weighted by molar-refractivity contribution is -0.136. The van der Waals surface area contributed by atoms with Gasteiger partial charge in [0.2, 0.25) is 14.3 Å². The Morgan fingerprint density at radius 1 is 1.26 bits per heavy atom. The summed E-state index contributed by atoms with van der Waals surface area (Å²) in [5, 5.41) is 0.175. The molecule has 0 radical (unpaired) electrons. The van der Waals surface area contributed by atoms with Crippen molar-refractivity contribution in [3.05, 3.63) is 28.1 Å². The predicted molar refractivity (Wildman–Crippen MR) is 91.1 cm³/mol. The Labute approximate surface area is 155 Å². The molecule has 150 valence electrons. The number of fused-ring (bicyclic) bond motifs is 1. The summed E-state index contributed by atoms with van der Waals surface area (Å²) < 4.78 is 70.3. The summed E-state index contributed by atoms with van der Waals surface area (Å²) in [5.41, 5.74) is 1.23. The van der Waals surface area contributed by atoms with Gasteiger partial charge in [-0.2, -0.15) is 22.0 Å². The van der Waals surface area contributed by atoms with Crippen molar-refractivity contribution in [2.75, 3.05) is 6.61 Å². The molecule has 0 aliphatic heterocycles. The second-order valence-corrected chi connectivity index (χ2v) is 7.83. The fourth-order valence-electron chi connectivity index (χ4n) is 2.37. The maximum absolute atomic E-state index is 14.1. The lowest BCUT2D eigenvalue weighted by Gasteiger charge is -2.16. The summed E-state index contributed by atoms with van der Waals surface area (Å²) >= 11 is 0.517. The number of primary amides is 1. The topological polar surface area (TPSA) is 92.8 Å². The molecular weight excluding hydrogens is 416 g/mol. The molecule has 1 aromatic carbocycles. The van der Waals surface area contributed by atoms with Crippen LogP contribution in [0.4, 0.5) is 22.0 Å². The van der Waals surface area contributed by atoms with E-state index in [1.165, 1.54) is 13.0 Å². The van der Waals surface area contributed by atoms with E-state index in [0.29, 0.717) is 11.3 Å². The number of benzene rings is 1. The third kappa shape index (κ3) is 4.84. The summed E-state index contributed by atoms with van der Waals surface area (Å²) in [4.78, 5) is 28.9. The Morgan fingerprint density at radius 2 is 1.89 bits per heavy atom. The molecule has 2 aromatic rings. The van der Waals surface area contributed by atoms with E-state index in [-0.39, 0.29) is 40.0 Å². The van der Waals surface area contributed by atoms with Gasteiger partial charge in [-0.15, -0.1) is 11.3 Å². The normalized spacial score (nSPS) is 12.8. The molecule has 4 N–H and O–H groups in total. The highest BCUT2D eigenvalue weighted by molar-refractivity contribution is 7.46. The van der Waals surface area contributed by atoms with Crippen LogP contribution in [0.3, 0.4) is 0 Å². The average Bonchev–Trinajstić information content (AvgIpc) is 2.88. The van der Waals surface area contributed by atoms with Crippen LogP contribution in [-0.2, 0) is 5.66 Å². The first kappa shape index (κ1) is 21.7. The summed E-state index contributed by atoms with van der Waals surface area (Å²) in [6.45, 7) is 0.950. The van der Waals surface area contributed by atoms with Gasteiger partial charge in [0.05, 0.1) is 16.2 Å². The molecule has 5 nitrogen and oxygen atoms in total. The van der Waals surface area contributed by atoms with E-state index in [0.717, 1.165) is 6.07 Å². The minimum Gasteiger partial charge on any atom is -0.492 e. The molecule has 0 atom stereocenters. The van der Waals surface area contributed by atoms with E-state index >= 15 is 0 Å². The maximum Gasteiger partial charge on any atom is 0.389 e. The first-order chi connectivity index (χ1) is 12.3. The number of alkyl halides is 5. The third-order valence-corrected chi connectivity index (χ3v) is 5.94. The van der Waals surface area contributed by atoms with Crippen LogP contribution in [0.1, 0.15) is 33.6 Å². The van der Waals surface area contributed by atoms with Gasteiger partial charge in [0.15, 0.2) is 0 Å². The SMILES string of the molecule is Cc1c(C(F)(F)P(O)O)sc2c(OCCCC(F)(F)F)cc(C(N)=O)cc12. The molecule has 0 fully saturated rings. The van der Waals surface area contributed by atoms with Crippen molar-refractivity contribution in [1.29, 1.82) is 0 Å². The Balaban J connectivity index is 2.47. The van der Waals surface area contributed by atoms with Crippen molar-refractivity contribution >= 4 is 35.7 Å². The Kier molecular flexibility index (Phi) is 6.30. The van der Waals surface area contributed by atoms with E-state index in [1.54, 1.807) is 0 Å². The zero-order chi connectivity index (χ0) is 20.6. The molecular formula is C15H15F5NO4PS. The number of carbonyl (C=O) groups is 1. The average molecular weight is 431 g/mol. The second-order valence-electron chi connectivity index (χ2n) is 5.67. The van der Waals surface area contributed by atoms with Crippen molar-refractivity contribution in [2.24, 2.45) is 5.73 Å². The number of halogens is 5. The Bertz CT molecular complexity index is 853. The second kappa shape index (κ2) is 7.83. The van der Waals surface area contributed by atoms with Gasteiger partial charge in [-0.1, -0.05) is 0 Å². The van der Waals surface area contributed by atoms with E-state index in [9.17, 15) is 26.7 Å². The molecule has 1 amide bonds. The summed E-state index contributed by atoms with van der Waals surface area (Å²) in [5.74, 6) is -0.943. The molecule has 0 saturated heterocycles. The molecule has 0 bridgehead atoms. The molecule has 1 aromatic heterocycles. The number of ether oxygens (including phenoxy) is 1. The van der Waals surface area contributed by atoms with E-state index in [4.69, 9.17) is 20.3 Å². The Hall–Kier alpha value is -1.55. The van der Waals surface area contributed by atoms with Gasteiger partial charge < -0.3 is 20.3 Å². The fraction of sp³-hybridized carbons (Fsp3) is 0.400. The van der Waals surface area contributed by atoms with Gasteiger partial charge in [-0.3, -0.25) is 4.79 Å². The number of nitrogens with two attached hydrogens (primary N) is 1. The van der Waals surface area contributed by atoms with Crippen molar-refractivity contribution in [3.63, 3.8) is 0 Å². The monoisotopic (exact) mass is 431 g/mol. The smallest absolute Gasteiger partial charge is 0.389 e. The largest absolute Gasteiger partial charge is 0.492 e. The standard InChI is InChI=1S/C15H15F5NO4PS/c1-7-9-5-8(13(21)22)6-10(25-4-2-3-14(16,17)18)11(9)27-12(7)15(19,20)26(23)24/h5-6,23-24H,2-4H2,1H3,(H2,21,22). The molecule has 0 aliphatic carbocycles. The first-order valence-electron chi connectivity index (χ1n) is 7.47. The number of thiophene rings is 1.